The first-order valence-electron chi connectivity index (χ1n) is 6.13. The lowest BCUT2D eigenvalue weighted by Gasteiger charge is -2.17. The van der Waals surface area contributed by atoms with Crippen LogP contribution in [-0.4, -0.2) is 26.8 Å². The summed E-state index contributed by atoms with van der Waals surface area (Å²) >= 11 is 3.29. The normalized spacial score (nSPS) is 11.1. The molecule has 0 spiro atoms. The number of hydrogen-bond acceptors (Lipinski definition) is 5. The van der Waals surface area contributed by atoms with Crippen LogP contribution in [0.5, 0.6) is 0 Å². The Morgan fingerprint density at radius 2 is 2.16 bits per heavy atom. The highest BCUT2D eigenvalue weighted by atomic mass is 79.9. The van der Waals surface area contributed by atoms with Gasteiger partial charge in [-0.1, -0.05) is 6.92 Å². The van der Waals surface area contributed by atoms with Crippen LogP contribution in [0.25, 0.3) is 11.2 Å². The van der Waals surface area contributed by atoms with Gasteiger partial charge in [0.15, 0.2) is 11.5 Å². The molecule has 0 saturated heterocycles. The first-order chi connectivity index (χ1) is 9.13. The van der Waals surface area contributed by atoms with E-state index in [0.29, 0.717) is 29.1 Å². The van der Waals surface area contributed by atoms with E-state index >= 15 is 0 Å². The molecule has 104 valence electrons. The molecule has 0 bridgehead atoms. The van der Waals surface area contributed by atoms with Crippen molar-refractivity contribution in [3.05, 3.63) is 27.0 Å². The molecule has 0 saturated carbocycles. The fraction of sp³-hybridized carbons (Fsp3) is 0.462. The van der Waals surface area contributed by atoms with E-state index in [0.717, 1.165) is 13.0 Å². The van der Waals surface area contributed by atoms with Gasteiger partial charge in [0.25, 0.3) is 0 Å². The Balaban J connectivity index is 2.15. The Bertz CT molecular complexity index is 604. The van der Waals surface area contributed by atoms with Crippen LogP contribution in [0.3, 0.4) is 0 Å². The Labute approximate surface area is 119 Å². The molecule has 0 aromatic carbocycles. The van der Waals surface area contributed by atoms with Gasteiger partial charge < -0.3 is 18.5 Å². The van der Waals surface area contributed by atoms with Gasteiger partial charge in [0, 0.05) is 20.2 Å². The predicted molar refractivity (Wildman–Crippen MR) is 76.8 cm³/mol. The van der Waals surface area contributed by atoms with Gasteiger partial charge in [-0.05, 0) is 22.4 Å². The number of hydrogen-bond donors (Lipinski definition) is 0. The second-order valence-electron chi connectivity index (χ2n) is 4.22. The largest absolute Gasteiger partial charge is 0.456 e. The van der Waals surface area contributed by atoms with Crippen molar-refractivity contribution in [3.63, 3.8) is 0 Å². The van der Waals surface area contributed by atoms with E-state index in [9.17, 15) is 4.79 Å². The van der Waals surface area contributed by atoms with Crippen LogP contribution in [0.1, 0.15) is 13.3 Å². The van der Waals surface area contributed by atoms with Crippen LogP contribution in [0, 0.1) is 0 Å². The highest BCUT2D eigenvalue weighted by Crippen LogP contribution is 2.26. The number of furan rings is 1. The van der Waals surface area contributed by atoms with Crippen LogP contribution >= 0.6 is 15.9 Å². The van der Waals surface area contributed by atoms with E-state index in [1.807, 2.05) is 11.9 Å². The quantitative estimate of drug-likeness (QED) is 0.762. The Kier molecular flexibility index (Phi) is 4.66. The van der Waals surface area contributed by atoms with Crippen LogP contribution in [0.2, 0.25) is 0 Å². The summed E-state index contributed by atoms with van der Waals surface area (Å²) in [6.45, 7) is 4.06. The molecule has 2 aromatic rings. The molecule has 6 heteroatoms. The maximum atomic E-state index is 11.9. The maximum Gasteiger partial charge on any atom is 0.230 e. The smallest absolute Gasteiger partial charge is 0.230 e. The van der Waals surface area contributed by atoms with Crippen LogP contribution in [-0.2, 0) is 4.74 Å². The molecule has 2 rings (SSSR count). The van der Waals surface area contributed by atoms with Crippen molar-refractivity contribution in [2.75, 3.05) is 31.7 Å². The molecule has 5 nitrogen and oxygen atoms in total. The molecule has 0 aliphatic heterocycles. The third-order valence-electron chi connectivity index (χ3n) is 2.68. The van der Waals surface area contributed by atoms with Crippen molar-refractivity contribution < 1.29 is 13.6 Å². The number of fused-ring (bicyclic) bond motifs is 1. The molecule has 19 heavy (non-hydrogen) atoms. The summed E-state index contributed by atoms with van der Waals surface area (Å²) in [4.78, 5) is 13.7. The number of nitrogens with zero attached hydrogens (tertiary/aromatic N) is 1. The molecule has 0 fully saturated rings. The molecule has 0 atom stereocenters. The van der Waals surface area contributed by atoms with Gasteiger partial charge in [0.05, 0.1) is 17.1 Å². The highest BCUT2D eigenvalue weighted by molar-refractivity contribution is 9.10. The molecular formula is C13H16BrNO4. The van der Waals surface area contributed by atoms with Gasteiger partial charge in [-0.3, -0.25) is 4.79 Å². The lowest BCUT2D eigenvalue weighted by Crippen LogP contribution is -2.23. The summed E-state index contributed by atoms with van der Waals surface area (Å²) in [5, 5.41) is 0. The minimum absolute atomic E-state index is 0.191. The summed E-state index contributed by atoms with van der Waals surface area (Å²) in [5.74, 6) is 0.500. The number of anilines is 1. The summed E-state index contributed by atoms with van der Waals surface area (Å²) in [7, 11) is 1.85. The Morgan fingerprint density at radius 3 is 2.89 bits per heavy atom. The zero-order chi connectivity index (χ0) is 13.8. The molecular weight excluding hydrogens is 314 g/mol. The standard InChI is InChI=1S/C13H16BrNO4/c1-3-5-17-6-4-15(2)11-7-10(16)13-12(19-11)9(14)8-18-13/h7-8H,3-6H2,1-2H3. The van der Waals surface area contributed by atoms with Gasteiger partial charge in [-0.2, -0.15) is 0 Å². The van der Waals surface area contributed by atoms with Gasteiger partial charge >= 0.3 is 0 Å². The minimum Gasteiger partial charge on any atom is -0.456 e. The SMILES string of the molecule is CCCOCCN(C)c1cc(=O)c2occ(Br)c2o1. The fourth-order valence-electron chi connectivity index (χ4n) is 1.65. The van der Waals surface area contributed by atoms with Gasteiger partial charge in [0.2, 0.25) is 11.0 Å². The maximum absolute atomic E-state index is 11.9. The van der Waals surface area contributed by atoms with Crippen molar-refractivity contribution in [2.24, 2.45) is 0 Å². The van der Waals surface area contributed by atoms with Crippen molar-refractivity contribution in [2.45, 2.75) is 13.3 Å². The third kappa shape index (κ3) is 3.19. The molecule has 0 N–H and O–H groups in total. The van der Waals surface area contributed by atoms with Crippen LogP contribution in [0.4, 0.5) is 5.88 Å². The first kappa shape index (κ1) is 14.1. The second-order valence-corrected chi connectivity index (χ2v) is 5.08. The highest BCUT2D eigenvalue weighted by Gasteiger charge is 2.13. The van der Waals surface area contributed by atoms with E-state index in [2.05, 4.69) is 22.9 Å². The van der Waals surface area contributed by atoms with E-state index in [-0.39, 0.29) is 11.0 Å². The van der Waals surface area contributed by atoms with E-state index in [1.165, 1.54) is 12.3 Å². The number of rotatable bonds is 6. The van der Waals surface area contributed by atoms with E-state index in [4.69, 9.17) is 13.6 Å². The van der Waals surface area contributed by atoms with E-state index < -0.39 is 0 Å². The van der Waals surface area contributed by atoms with Gasteiger partial charge in [-0.15, -0.1) is 0 Å². The Morgan fingerprint density at radius 1 is 1.37 bits per heavy atom. The van der Waals surface area contributed by atoms with Crippen molar-refractivity contribution >= 4 is 33.0 Å². The number of likely N-dealkylation sites (N-methyl/N-ethyl adjacent to an activating group) is 1. The van der Waals surface area contributed by atoms with Gasteiger partial charge in [-0.25, -0.2) is 0 Å². The molecule has 2 aromatic heterocycles. The number of ether oxygens (including phenoxy) is 1. The first-order valence-corrected chi connectivity index (χ1v) is 6.92. The molecule has 0 radical (unpaired) electrons. The molecule has 0 aliphatic rings. The minimum atomic E-state index is -0.191. The van der Waals surface area contributed by atoms with Gasteiger partial charge in [0.1, 0.15) is 6.26 Å². The second kappa shape index (κ2) is 6.25. The zero-order valence-corrected chi connectivity index (χ0v) is 12.5. The Hall–Kier alpha value is -1.27. The summed E-state index contributed by atoms with van der Waals surface area (Å²) in [6.07, 6.45) is 2.44. The monoisotopic (exact) mass is 329 g/mol. The average molecular weight is 330 g/mol. The van der Waals surface area contributed by atoms with Crippen molar-refractivity contribution in [3.8, 4) is 0 Å². The topological polar surface area (TPSA) is 55.8 Å². The lowest BCUT2D eigenvalue weighted by atomic mass is 10.4. The molecule has 0 aliphatic carbocycles. The van der Waals surface area contributed by atoms with Crippen molar-refractivity contribution in [1.29, 1.82) is 0 Å². The van der Waals surface area contributed by atoms with Crippen molar-refractivity contribution in [1.82, 2.24) is 0 Å². The summed E-state index contributed by atoms with van der Waals surface area (Å²) < 4.78 is 16.8. The molecule has 2 heterocycles. The van der Waals surface area contributed by atoms with Crippen LogP contribution < -0.4 is 10.3 Å². The third-order valence-corrected chi connectivity index (χ3v) is 3.23. The predicted octanol–water partition coefficient (Wildman–Crippen LogP) is 3.01. The van der Waals surface area contributed by atoms with E-state index in [1.54, 1.807) is 0 Å². The fourth-order valence-corrected chi connectivity index (χ4v) is 2.00. The summed E-state index contributed by atoms with van der Waals surface area (Å²) in [6, 6.07) is 1.43. The average Bonchev–Trinajstić information content (AvgIpc) is 2.77. The molecule has 0 amide bonds. The van der Waals surface area contributed by atoms with Crippen LogP contribution in [0.15, 0.2) is 30.4 Å². The summed E-state index contributed by atoms with van der Waals surface area (Å²) in [5.41, 5.74) is 0.471. The molecule has 0 unspecified atom stereocenters. The zero-order valence-electron chi connectivity index (χ0n) is 10.9. The number of halogens is 1. The lowest BCUT2D eigenvalue weighted by molar-refractivity contribution is 0.141.